The second-order valence-electron chi connectivity index (χ2n) is 8.67. The summed E-state index contributed by atoms with van der Waals surface area (Å²) in [5, 5.41) is 3.89. The SMILES string of the molecule is C[C@@H](O[C@H]1OCCN(Cc2nn(P=O)c(=O)[nH]2)[C@H]1c1ccc(F)cc1)c1cc(C(F)(F)F)cc(C(F)(F)F)c1. The van der Waals surface area contributed by atoms with Gasteiger partial charge in [0.1, 0.15) is 11.6 Å². The maximum Gasteiger partial charge on any atom is 0.416 e. The van der Waals surface area contributed by atoms with Crippen molar-refractivity contribution in [3.8, 4) is 0 Å². The third-order valence-electron chi connectivity index (χ3n) is 6.02. The lowest BCUT2D eigenvalue weighted by Gasteiger charge is -2.41. The first-order chi connectivity index (χ1) is 18.3. The first-order valence-corrected chi connectivity index (χ1v) is 12.1. The number of nitrogens with one attached hydrogen (secondary N) is 1. The monoisotopic (exact) mass is 580 g/mol. The Bertz CT molecular complexity index is 1340. The Morgan fingerprint density at radius 2 is 1.72 bits per heavy atom. The average molecular weight is 580 g/mol. The molecule has 0 spiro atoms. The largest absolute Gasteiger partial charge is 0.416 e. The van der Waals surface area contributed by atoms with Crippen molar-refractivity contribution in [3.05, 3.63) is 86.8 Å². The number of rotatable bonds is 7. The van der Waals surface area contributed by atoms with Crippen LogP contribution in [0.25, 0.3) is 0 Å². The van der Waals surface area contributed by atoms with Crippen molar-refractivity contribution in [1.29, 1.82) is 0 Å². The molecule has 1 N–H and O–H groups in total. The zero-order valence-electron chi connectivity index (χ0n) is 20.0. The van der Waals surface area contributed by atoms with Gasteiger partial charge in [-0.2, -0.15) is 26.3 Å². The van der Waals surface area contributed by atoms with Gasteiger partial charge in [0.05, 0.1) is 36.4 Å². The molecule has 2 aromatic carbocycles. The zero-order chi connectivity index (χ0) is 28.5. The van der Waals surface area contributed by atoms with Crippen LogP contribution >= 0.6 is 8.61 Å². The summed E-state index contributed by atoms with van der Waals surface area (Å²) in [6.45, 7) is 1.53. The van der Waals surface area contributed by atoms with E-state index < -0.39 is 62.0 Å². The number of morpholine rings is 1. The highest BCUT2D eigenvalue weighted by Crippen LogP contribution is 2.39. The normalized spacial score (nSPS) is 19.9. The zero-order valence-corrected chi connectivity index (χ0v) is 20.9. The fraction of sp³-hybridized carbons (Fsp3) is 0.391. The highest BCUT2D eigenvalue weighted by atomic mass is 31.1. The maximum atomic E-state index is 13.6. The molecule has 1 aliphatic rings. The Balaban J connectivity index is 1.67. The smallest absolute Gasteiger partial charge is 0.349 e. The van der Waals surface area contributed by atoms with Crippen LogP contribution < -0.4 is 5.69 Å². The lowest BCUT2D eigenvalue weighted by molar-refractivity contribution is -0.231. The van der Waals surface area contributed by atoms with E-state index in [2.05, 4.69) is 10.1 Å². The van der Waals surface area contributed by atoms with E-state index in [-0.39, 0.29) is 37.2 Å². The Morgan fingerprint density at radius 3 is 2.26 bits per heavy atom. The second kappa shape index (κ2) is 11.2. The first kappa shape index (κ1) is 28.9. The third-order valence-corrected chi connectivity index (χ3v) is 6.45. The predicted octanol–water partition coefficient (Wildman–Crippen LogP) is 5.48. The minimum atomic E-state index is -5.03. The molecule has 0 radical (unpaired) electrons. The van der Waals surface area contributed by atoms with Crippen molar-refractivity contribution in [1.82, 2.24) is 19.4 Å². The van der Waals surface area contributed by atoms with Gasteiger partial charge in [0.2, 0.25) is 0 Å². The molecule has 1 aromatic heterocycles. The molecule has 1 fully saturated rings. The van der Waals surface area contributed by atoms with Crippen molar-refractivity contribution in [3.63, 3.8) is 0 Å². The van der Waals surface area contributed by atoms with Crippen molar-refractivity contribution >= 4 is 8.61 Å². The van der Waals surface area contributed by atoms with Gasteiger partial charge in [-0.15, -0.1) is 9.55 Å². The van der Waals surface area contributed by atoms with E-state index in [1.54, 1.807) is 4.90 Å². The van der Waals surface area contributed by atoms with Gasteiger partial charge in [-0.1, -0.05) is 12.1 Å². The minimum absolute atomic E-state index is 0.0254. The summed E-state index contributed by atoms with van der Waals surface area (Å²) in [7, 11) is -0.667. The molecule has 16 heteroatoms. The minimum Gasteiger partial charge on any atom is -0.349 e. The number of alkyl halides is 6. The standard InChI is InChI=1S/C23H20F7N4O4P/c1-12(14-8-15(22(25,26)27)10-16(9-14)23(28,29)30)38-20-19(13-2-4-17(24)5-3-13)33(6-7-37-20)11-18-31-21(35)34(32-18)39-36/h2-5,8-10,12,19-20H,6-7,11H2,1H3,(H,31,32,35)/t12-,19+,20-/m1/s1. The molecule has 210 valence electrons. The quantitative estimate of drug-likeness (QED) is 0.294. The fourth-order valence-corrected chi connectivity index (χ4v) is 4.45. The number of hydrogen-bond acceptors (Lipinski definition) is 6. The van der Waals surface area contributed by atoms with Crippen LogP contribution in [0, 0.1) is 5.82 Å². The van der Waals surface area contributed by atoms with Crippen LogP contribution in [-0.2, 0) is 32.9 Å². The molecule has 0 unspecified atom stereocenters. The Hall–Kier alpha value is -3.13. The molecule has 0 aliphatic carbocycles. The van der Waals surface area contributed by atoms with Gasteiger partial charge in [0, 0.05) is 6.54 Å². The molecule has 0 amide bonds. The van der Waals surface area contributed by atoms with Crippen LogP contribution in [0.5, 0.6) is 0 Å². The molecule has 3 aromatic rings. The van der Waals surface area contributed by atoms with Gasteiger partial charge in [-0.3, -0.25) is 9.88 Å². The number of benzene rings is 2. The molecule has 8 nitrogen and oxygen atoms in total. The van der Waals surface area contributed by atoms with Crippen LogP contribution in [0.3, 0.4) is 0 Å². The molecular weight excluding hydrogens is 560 g/mol. The Labute approximate surface area is 217 Å². The van der Waals surface area contributed by atoms with E-state index in [0.717, 1.165) is 12.1 Å². The number of aromatic amines is 1. The van der Waals surface area contributed by atoms with Gasteiger partial charge in [0.15, 0.2) is 6.29 Å². The maximum absolute atomic E-state index is 13.6. The highest BCUT2D eigenvalue weighted by Gasteiger charge is 2.39. The molecule has 1 saturated heterocycles. The van der Waals surface area contributed by atoms with Crippen LogP contribution in [0.4, 0.5) is 30.7 Å². The van der Waals surface area contributed by atoms with E-state index in [1.807, 2.05) is 0 Å². The Morgan fingerprint density at radius 1 is 1.10 bits per heavy atom. The van der Waals surface area contributed by atoms with Gasteiger partial charge in [-0.05, 0) is 48.4 Å². The summed E-state index contributed by atoms with van der Waals surface area (Å²) in [5.41, 5.74) is -3.63. The molecular formula is C23H20F7N4O4P. The fourth-order valence-electron chi connectivity index (χ4n) is 4.18. The van der Waals surface area contributed by atoms with Gasteiger partial charge in [0.25, 0.3) is 0 Å². The van der Waals surface area contributed by atoms with Crippen LogP contribution in [0.2, 0.25) is 0 Å². The lowest BCUT2D eigenvalue weighted by Crippen LogP contribution is -2.46. The van der Waals surface area contributed by atoms with Crippen molar-refractivity contribution < 1.29 is 44.8 Å². The van der Waals surface area contributed by atoms with Crippen molar-refractivity contribution in [2.75, 3.05) is 13.2 Å². The highest BCUT2D eigenvalue weighted by molar-refractivity contribution is 7.21. The number of hydrogen-bond donors (Lipinski definition) is 1. The average Bonchev–Trinajstić information content (AvgIpc) is 3.22. The predicted molar refractivity (Wildman–Crippen MR) is 121 cm³/mol. The molecule has 4 rings (SSSR count). The van der Waals surface area contributed by atoms with Gasteiger partial charge in [-0.25, -0.2) is 13.8 Å². The molecule has 0 bridgehead atoms. The molecule has 0 saturated carbocycles. The number of aromatic nitrogens is 3. The van der Waals surface area contributed by atoms with Gasteiger partial charge < -0.3 is 9.47 Å². The summed E-state index contributed by atoms with van der Waals surface area (Å²) in [6.07, 6.45) is -12.6. The number of halogens is 7. The van der Waals surface area contributed by atoms with E-state index in [4.69, 9.17) is 9.47 Å². The van der Waals surface area contributed by atoms with Crippen molar-refractivity contribution in [2.24, 2.45) is 0 Å². The second-order valence-corrected chi connectivity index (χ2v) is 9.21. The summed E-state index contributed by atoms with van der Waals surface area (Å²) in [4.78, 5) is 16.0. The third kappa shape index (κ3) is 6.72. The lowest BCUT2D eigenvalue weighted by atomic mass is 10.0. The van der Waals surface area contributed by atoms with Gasteiger partial charge >= 0.3 is 26.7 Å². The van der Waals surface area contributed by atoms with E-state index in [0.29, 0.717) is 22.1 Å². The molecule has 3 atom stereocenters. The van der Waals surface area contributed by atoms with E-state index in [1.165, 1.54) is 19.1 Å². The Kier molecular flexibility index (Phi) is 8.26. The summed E-state index contributed by atoms with van der Waals surface area (Å²) < 4.78 is 117. The number of H-pyrrole nitrogens is 1. The number of nitrogens with zero attached hydrogens (tertiary/aromatic N) is 3. The van der Waals surface area contributed by atoms with E-state index in [9.17, 15) is 40.1 Å². The van der Waals surface area contributed by atoms with Crippen LogP contribution in [0.15, 0.2) is 47.3 Å². The van der Waals surface area contributed by atoms with Crippen LogP contribution in [-0.4, -0.2) is 38.9 Å². The topological polar surface area (TPSA) is 89.4 Å². The molecule has 1 aliphatic heterocycles. The summed E-state index contributed by atoms with van der Waals surface area (Å²) >= 11 is 0. The van der Waals surface area contributed by atoms with E-state index >= 15 is 0 Å². The van der Waals surface area contributed by atoms with Crippen molar-refractivity contribution in [2.45, 2.75) is 44.3 Å². The first-order valence-electron chi connectivity index (χ1n) is 11.3. The summed E-state index contributed by atoms with van der Waals surface area (Å²) in [6, 6.07) is 5.51. The molecule has 2 heterocycles. The van der Waals surface area contributed by atoms with Crippen LogP contribution in [0.1, 0.15) is 47.1 Å². The summed E-state index contributed by atoms with van der Waals surface area (Å²) in [5.74, 6) is -0.425. The number of ether oxygens (including phenoxy) is 2. The molecule has 39 heavy (non-hydrogen) atoms.